The van der Waals surface area contributed by atoms with E-state index in [1.807, 2.05) is 49.2 Å². The Labute approximate surface area is 169 Å². The average Bonchev–Trinajstić information content (AvgIpc) is 2.64. The molecule has 0 unspecified atom stereocenters. The molecular formula is C21H26BrN3O2. The lowest BCUT2D eigenvalue weighted by molar-refractivity contribution is -0.142. The summed E-state index contributed by atoms with van der Waals surface area (Å²) < 4.78 is 6.80. The Morgan fingerprint density at radius 1 is 1.37 bits per heavy atom. The van der Waals surface area contributed by atoms with Crippen molar-refractivity contribution in [2.24, 2.45) is 0 Å². The van der Waals surface area contributed by atoms with Crippen molar-refractivity contribution in [2.75, 3.05) is 19.6 Å². The zero-order valence-corrected chi connectivity index (χ0v) is 17.6. The molecule has 5 nitrogen and oxygen atoms in total. The van der Waals surface area contributed by atoms with Crippen molar-refractivity contribution < 1.29 is 9.53 Å². The van der Waals surface area contributed by atoms with E-state index < -0.39 is 6.10 Å². The molecule has 1 saturated heterocycles. The fraction of sp³-hybridized carbons (Fsp3) is 0.429. The summed E-state index contributed by atoms with van der Waals surface area (Å²) in [5, 5.41) is 0. The Hall–Kier alpha value is -1.92. The summed E-state index contributed by atoms with van der Waals surface area (Å²) in [6, 6.07) is 10.1. The van der Waals surface area contributed by atoms with Crippen LogP contribution in [0, 0.1) is 6.92 Å². The second-order valence-electron chi connectivity index (χ2n) is 7.17. The highest BCUT2D eigenvalue weighted by Crippen LogP contribution is 2.27. The van der Waals surface area contributed by atoms with E-state index in [1.54, 1.807) is 6.20 Å². The second-order valence-corrected chi connectivity index (χ2v) is 8.03. The number of nitrogens with zero attached hydrogens (tertiary/aromatic N) is 3. The summed E-state index contributed by atoms with van der Waals surface area (Å²) in [6.45, 7) is 9.22. The number of benzene rings is 1. The maximum absolute atomic E-state index is 12.9. The first-order valence-electron chi connectivity index (χ1n) is 9.28. The van der Waals surface area contributed by atoms with Crippen molar-refractivity contribution >= 4 is 21.8 Å². The molecule has 3 rings (SSSR count). The molecule has 2 heterocycles. The van der Waals surface area contributed by atoms with E-state index in [-0.39, 0.29) is 11.9 Å². The van der Waals surface area contributed by atoms with Crippen LogP contribution in [0.1, 0.15) is 25.0 Å². The first-order valence-corrected chi connectivity index (χ1v) is 10.1. The quantitative estimate of drug-likeness (QED) is 0.724. The first kappa shape index (κ1) is 19.8. The van der Waals surface area contributed by atoms with Crippen LogP contribution in [-0.2, 0) is 11.3 Å². The van der Waals surface area contributed by atoms with Crippen LogP contribution in [0.3, 0.4) is 0 Å². The average molecular weight is 432 g/mol. The number of aromatic nitrogens is 1. The van der Waals surface area contributed by atoms with Gasteiger partial charge in [0.15, 0.2) is 6.10 Å². The summed E-state index contributed by atoms with van der Waals surface area (Å²) in [7, 11) is 0. The van der Waals surface area contributed by atoms with E-state index in [9.17, 15) is 4.79 Å². The molecule has 144 valence electrons. The first-order chi connectivity index (χ1) is 12.9. The van der Waals surface area contributed by atoms with Crippen molar-refractivity contribution in [1.82, 2.24) is 14.8 Å². The SMILES string of the molecule is Cc1ccc(O[C@@H](C)C(=O)N2CCN(Cc3cccnc3)C[C@@H]2C)c(Br)c1. The molecule has 0 spiro atoms. The van der Waals surface area contributed by atoms with Gasteiger partial charge in [0.25, 0.3) is 5.91 Å². The molecule has 1 amide bonds. The maximum Gasteiger partial charge on any atom is 0.263 e. The summed E-state index contributed by atoms with van der Waals surface area (Å²) in [4.78, 5) is 21.4. The lowest BCUT2D eigenvalue weighted by Crippen LogP contribution is -2.56. The van der Waals surface area contributed by atoms with Gasteiger partial charge in [0.2, 0.25) is 0 Å². The minimum atomic E-state index is -0.517. The smallest absolute Gasteiger partial charge is 0.263 e. The molecule has 27 heavy (non-hydrogen) atoms. The molecule has 1 aromatic carbocycles. The fourth-order valence-corrected chi connectivity index (χ4v) is 4.02. The highest BCUT2D eigenvalue weighted by Gasteiger charge is 2.31. The number of aryl methyl sites for hydroxylation is 1. The van der Waals surface area contributed by atoms with Crippen LogP contribution in [0.5, 0.6) is 5.75 Å². The topological polar surface area (TPSA) is 45.7 Å². The van der Waals surface area contributed by atoms with Gasteiger partial charge in [0, 0.05) is 44.6 Å². The van der Waals surface area contributed by atoms with Gasteiger partial charge in [-0.25, -0.2) is 0 Å². The monoisotopic (exact) mass is 431 g/mol. The van der Waals surface area contributed by atoms with E-state index >= 15 is 0 Å². The number of hydrogen-bond donors (Lipinski definition) is 0. The molecule has 6 heteroatoms. The Balaban J connectivity index is 1.57. The number of piperazine rings is 1. The van der Waals surface area contributed by atoms with Gasteiger partial charge in [-0.15, -0.1) is 0 Å². The molecule has 0 saturated carbocycles. The molecule has 1 aliphatic heterocycles. The van der Waals surface area contributed by atoms with Crippen LogP contribution in [0.2, 0.25) is 0 Å². The zero-order valence-electron chi connectivity index (χ0n) is 16.1. The number of halogens is 1. The molecule has 1 aliphatic rings. The van der Waals surface area contributed by atoms with E-state index in [2.05, 4.69) is 38.8 Å². The van der Waals surface area contributed by atoms with Crippen molar-refractivity contribution in [1.29, 1.82) is 0 Å². The number of amides is 1. The van der Waals surface area contributed by atoms with Crippen molar-refractivity contribution in [3.8, 4) is 5.75 Å². The van der Waals surface area contributed by atoms with Gasteiger partial charge in [0.1, 0.15) is 5.75 Å². The molecule has 1 aromatic heterocycles. The zero-order chi connectivity index (χ0) is 19.4. The van der Waals surface area contributed by atoms with Gasteiger partial charge in [-0.05, 0) is 66.0 Å². The number of carbonyl (C=O) groups is 1. The minimum Gasteiger partial charge on any atom is -0.480 e. The molecular weight excluding hydrogens is 406 g/mol. The summed E-state index contributed by atoms with van der Waals surface area (Å²) in [5.41, 5.74) is 2.34. The van der Waals surface area contributed by atoms with Crippen LogP contribution in [0.25, 0.3) is 0 Å². The number of pyridine rings is 1. The normalized spacial score (nSPS) is 19.0. The number of ether oxygens (including phenoxy) is 1. The van der Waals surface area contributed by atoms with Crippen LogP contribution in [0.4, 0.5) is 0 Å². The van der Waals surface area contributed by atoms with Crippen LogP contribution in [0.15, 0.2) is 47.2 Å². The Bertz CT molecular complexity index is 784. The van der Waals surface area contributed by atoms with Crippen LogP contribution >= 0.6 is 15.9 Å². The van der Waals surface area contributed by atoms with Crippen molar-refractivity contribution in [3.63, 3.8) is 0 Å². The third-order valence-electron chi connectivity index (χ3n) is 4.86. The molecule has 1 fully saturated rings. The van der Waals surface area contributed by atoms with E-state index in [1.165, 1.54) is 5.56 Å². The molecule has 0 N–H and O–H groups in total. The van der Waals surface area contributed by atoms with Crippen LogP contribution < -0.4 is 4.74 Å². The lowest BCUT2D eigenvalue weighted by atomic mass is 10.1. The van der Waals surface area contributed by atoms with Gasteiger partial charge in [-0.1, -0.05) is 12.1 Å². The maximum atomic E-state index is 12.9. The predicted molar refractivity (Wildman–Crippen MR) is 110 cm³/mol. The summed E-state index contributed by atoms with van der Waals surface area (Å²) in [5.74, 6) is 0.736. The van der Waals surface area contributed by atoms with Gasteiger partial charge in [0.05, 0.1) is 4.47 Å². The Morgan fingerprint density at radius 3 is 2.85 bits per heavy atom. The molecule has 2 atom stereocenters. The van der Waals surface area contributed by atoms with Crippen molar-refractivity contribution in [3.05, 3.63) is 58.3 Å². The third kappa shape index (κ3) is 5.08. The molecule has 0 radical (unpaired) electrons. The van der Waals surface area contributed by atoms with Crippen molar-refractivity contribution in [2.45, 2.75) is 39.5 Å². The van der Waals surface area contributed by atoms with E-state index in [0.717, 1.165) is 29.7 Å². The fourth-order valence-electron chi connectivity index (χ4n) is 3.43. The summed E-state index contributed by atoms with van der Waals surface area (Å²) in [6.07, 6.45) is 3.17. The van der Waals surface area contributed by atoms with Gasteiger partial charge in [-0.2, -0.15) is 0 Å². The molecule has 2 aromatic rings. The highest BCUT2D eigenvalue weighted by atomic mass is 79.9. The van der Waals surface area contributed by atoms with E-state index in [0.29, 0.717) is 12.3 Å². The number of hydrogen-bond acceptors (Lipinski definition) is 4. The number of rotatable bonds is 5. The molecule has 0 bridgehead atoms. The Kier molecular flexibility index (Phi) is 6.50. The molecule has 0 aliphatic carbocycles. The minimum absolute atomic E-state index is 0.0380. The van der Waals surface area contributed by atoms with E-state index in [4.69, 9.17) is 4.74 Å². The second kappa shape index (κ2) is 8.85. The largest absolute Gasteiger partial charge is 0.480 e. The van der Waals surface area contributed by atoms with Gasteiger partial charge >= 0.3 is 0 Å². The van der Waals surface area contributed by atoms with Gasteiger partial charge in [-0.3, -0.25) is 14.7 Å². The van der Waals surface area contributed by atoms with Gasteiger partial charge < -0.3 is 9.64 Å². The highest BCUT2D eigenvalue weighted by molar-refractivity contribution is 9.10. The Morgan fingerprint density at radius 2 is 2.19 bits per heavy atom. The predicted octanol–water partition coefficient (Wildman–Crippen LogP) is 3.65. The third-order valence-corrected chi connectivity index (χ3v) is 5.48. The van der Waals surface area contributed by atoms with Crippen LogP contribution in [-0.4, -0.2) is 52.5 Å². The number of carbonyl (C=O) groups excluding carboxylic acids is 1. The lowest BCUT2D eigenvalue weighted by Gasteiger charge is -2.40. The summed E-state index contributed by atoms with van der Waals surface area (Å²) >= 11 is 3.51. The standard InChI is InChI=1S/C21H26BrN3O2/c1-15-6-7-20(19(22)11-15)27-17(3)21(26)25-10-9-24(13-16(25)2)14-18-5-4-8-23-12-18/h4-8,11-12,16-17H,9-10,13-14H2,1-3H3/t16-,17-/m0/s1.